The van der Waals surface area contributed by atoms with E-state index in [1.54, 1.807) is 12.2 Å². The molecule has 0 aliphatic rings. The van der Waals surface area contributed by atoms with Crippen LogP contribution in [-0.4, -0.2) is 86.1 Å². The molecule has 57 heavy (non-hydrogen) atoms. The molecule has 0 radical (unpaired) electrons. The van der Waals surface area contributed by atoms with Crippen LogP contribution >= 0.6 is 7.82 Å². The van der Waals surface area contributed by atoms with E-state index >= 15 is 0 Å². The number of aliphatic hydroxyl groups is 1. The fraction of sp³-hybridized carbons (Fsp3) is 0.652. The van der Waals surface area contributed by atoms with Gasteiger partial charge < -0.3 is 24.0 Å². The lowest BCUT2D eigenvalue weighted by Gasteiger charge is -2.24. The first-order valence-corrected chi connectivity index (χ1v) is 22.9. The monoisotopic (exact) mass is 821 g/mol. The minimum atomic E-state index is -4.43. The highest BCUT2D eigenvalue weighted by Gasteiger charge is 2.27. The number of allylic oxidation sites excluding steroid dienone is 13. The molecule has 0 aromatic rings. The molecule has 0 aliphatic carbocycles. The van der Waals surface area contributed by atoms with E-state index in [-0.39, 0.29) is 26.1 Å². The van der Waals surface area contributed by atoms with E-state index in [0.717, 1.165) is 51.4 Å². The summed E-state index contributed by atoms with van der Waals surface area (Å²) in [7, 11) is 1.33. The summed E-state index contributed by atoms with van der Waals surface area (Å²) in [5, 5.41) is 10.3. The van der Waals surface area contributed by atoms with E-state index in [4.69, 9.17) is 18.5 Å². The molecule has 0 fully saturated rings. The standard InChI is InChI=1S/C46H78NO9P/c1-6-8-10-12-14-16-18-20-21-23-25-27-29-31-33-37-46(50)56-44(42-55-57(51,52)54-40-39-47(3,4)5)41-53-45(49)38-34-36-43(48)35-32-30-28-26-24-22-19-17-15-13-11-9-7-2/h8,10,14,16,20-22,24-25,27-28,30,32,35,43-44,48H,6-7,9,11-13,15,17-19,23,26,29,31,33-34,36-42H2,1-5H3/p+1/b10-8-,16-14-,21-20-,24-22+,27-25-,30-28+,35-32+/t43?,44-/m1/s1. The normalized spacial score (nSPS) is 15.0. The van der Waals surface area contributed by atoms with Gasteiger partial charge in [-0.2, -0.15) is 0 Å². The second kappa shape index (κ2) is 37.4. The molecule has 3 atom stereocenters. The van der Waals surface area contributed by atoms with Gasteiger partial charge in [0.25, 0.3) is 0 Å². The Kier molecular flexibility index (Phi) is 35.6. The zero-order chi connectivity index (χ0) is 42.3. The predicted octanol–water partition coefficient (Wildman–Crippen LogP) is 11.0. The molecule has 0 rings (SSSR count). The Bertz CT molecular complexity index is 1260. The van der Waals surface area contributed by atoms with Crippen LogP contribution < -0.4 is 0 Å². The fourth-order valence-electron chi connectivity index (χ4n) is 5.13. The topological polar surface area (TPSA) is 129 Å². The number of esters is 2. The number of phosphoric ester groups is 1. The Labute approximate surface area is 346 Å². The van der Waals surface area contributed by atoms with Gasteiger partial charge in [-0.25, -0.2) is 4.57 Å². The summed E-state index contributed by atoms with van der Waals surface area (Å²) in [4.78, 5) is 35.3. The fourth-order valence-corrected chi connectivity index (χ4v) is 5.87. The van der Waals surface area contributed by atoms with Crippen LogP contribution in [0.15, 0.2) is 85.1 Å². The van der Waals surface area contributed by atoms with Crippen molar-refractivity contribution in [3.05, 3.63) is 85.1 Å². The van der Waals surface area contributed by atoms with E-state index < -0.39 is 38.6 Å². The summed E-state index contributed by atoms with van der Waals surface area (Å²) in [5.41, 5.74) is 0. The number of hydrogen-bond donors (Lipinski definition) is 2. The van der Waals surface area contributed by atoms with Gasteiger partial charge in [0.1, 0.15) is 19.8 Å². The number of carbonyl (C=O) groups is 2. The lowest BCUT2D eigenvalue weighted by molar-refractivity contribution is -0.870. The maximum absolute atomic E-state index is 12.7. The Morgan fingerprint density at radius 1 is 0.649 bits per heavy atom. The third kappa shape index (κ3) is 41.1. The minimum Gasteiger partial charge on any atom is -0.462 e. The second-order valence-corrected chi connectivity index (χ2v) is 16.6. The quantitative estimate of drug-likeness (QED) is 0.0157. The van der Waals surface area contributed by atoms with Gasteiger partial charge in [0, 0.05) is 12.8 Å². The lowest BCUT2D eigenvalue weighted by atomic mass is 10.1. The van der Waals surface area contributed by atoms with Crippen molar-refractivity contribution < 1.29 is 47.2 Å². The average molecular weight is 821 g/mol. The first-order valence-electron chi connectivity index (χ1n) is 21.4. The van der Waals surface area contributed by atoms with Crippen LogP contribution in [-0.2, 0) is 32.7 Å². The molecule has 0 bridgehead atoms. The highest BCUT2D eigenvalue weighted by Crippen LogP contribution is 2.43. The van der Waals surface area contributed by atoms with Crippen molar-refractivity contribution >= 4 is 19.8 Å². The summed E-state index contributed by atoms with van der Waals surface area (Å²) >= 11 is 0. The number of unbranched alkanes of at least 4 members (excludes halogenated alkanes) is 8. The molecule has 0 aromatic heterocycles. The van der Waals surface area contributed by atoms with Gasteiger partial charge in [0.05, 0.1) is 33.9 Å². The minimum absolute atomic E-state index is 0.00990. The molecule has 0 aromatic carbocycles. The Morgan fingerprint density at radius 3 is 1.84 bits per heavy atom. The Balaban J connectivity index is 4.65. The number of rotatable bonds is 37. The van der Waals surface area contributed by atoms with Gasteiger partial charge in [-0.3, -0.25) is 18.6 Å². The van der Waals surface area contributed by atoms with Crippen LogP contribution in [0.4, 0.5) is 0 Å². The number of nitrogens with zero attached hydrogens (tertiary/aromatic N) is 1. The third-order valence-corrected chi connectivity index (χ3v) is 9.50. The maximum atomic E-state index is 12.7. The van der Waals surface area contributed by atoms with Crippen molar-refractivity contribution in [3.63, 3.8) is 0 Å². The molecule has 326 valence electrons. The lowest BCUT2D eigenvalue weighted by Crippen LogP contribution is -2.37. The molecule has 0 heterocycles. The highest BCUT2D eigenvalue weighted by atomic mass is 31.2. The first kappa shape index (κ1) is 54.2. The van der Waals surface area contributed by atoms with E-state index in [2.05, 4.69) is 74.6 Å². The number of quaternary nitrogens is 1. The van der Waals surface area contributed by atoms with Crippen LogP contribution in [0, 0.1) is 0 Å². The number of likely N-dealkylation sites (N-methyl/N-ethyl adjacent to an activating group) is 1. The van der Waals surface area contributed by atoms with Crippen molar-refractivity contribution in [3.8, 4) is 0 Å². The van der Waals surface area contributed by atoms with Crippen LogP contribution in [0.5, 0.6) is 0 Å². The smallest absolute Gasteiger partial charge is 0.462 e. The van der Waals surface area contributed by atoms with E-state index in [0.29, 0.717) is 30.3 Å². The summed E-state index contributed by atoms with van der Waals surface area (Å²) in [6.45, 7) is 4.00. The van der Waals surface area contributed by atoms with Crippen LogP contribution in [0.2, 0.25) is 0 Å². The van der Waals surface area contributed by atoms with E-state index in [1.165, 1.54) is 38.5 Å². The Hall–Kier alpha value is -2.85. The summed E-state index contributed by atoms with van der Waals surface area (Å²) in [6, 6.07) is 0. The van der Waals surface area contributed by atoms with Gasteiger partial charge in [-0.05, 0) is 77.0 Å². The zero-order valence-corrected chi connectivity index (χ0v) is 37.0. The zero-order valence-electron chi connectivity index (χ0n) is 36.1. The van der Waals surface area contributed by atoms with Crippen LogP contribution in [0.25, 0.3) is 0 Å². The summed E-state index contributed by atoms with van der Waals surface area (Å²) in [6.07, 6.45) is 43.9. The SMILES string of the molecule is CC/C=C\C/C=C\C/C=C\C/C=C\CCCCC(=O)O[C@H](COC(=O)CCCC(O)/C=C/C=C/C/C=C/CCCCCCCC)COP(=O)(O)OCC[N+](C)(C)C. The summed E-state index contributed by atoms with van der Waals surface area (Å²) < 4.78 is 34.0. The largest absolute Gasteiger partial charge is 0.472 e. The number of hydrogen-bond acceptors (Lipinski definition) is 8. The maximum Gasteiger partial charge on any atom is 0.472 e. The van der Waals surface area contributed by atoms with Crippen molar-refractivity contribution in [1.82, 2.24) is 0 Å². The molecule has 2 unspecified atom stereocenters. The van der Waals surface area contributed by atoms with Gasteiger partial charge in [-0.1, -0.05) is 131 Å². The average Bonchev–Trinajstić information content (AvgIpc) is 3.15. The predicted molar refractivity (Wildman–Crippen MR) is 235 cm³/mol. The third-order valence-electron chi connectivity index (χ3n) is 8.51. The molecule has 10 nitrogen and oxygen atoms in total. The number of aliphatic hydroxyl groups excluding tert-OH is 1. The van der Waals surface area contributed by atoms with Gasteiger partial charge in [-0.15, -0.1) is 0 Å². The second-order valence-electron chi connectivity index (χ2n) is 15.2. The summed E-state index contributed by atoms with van der Waals surface area (Å²) in [5.74, 6) is -1.05. The first-order chi connectivity index (χ1) is 27.4. The van der Waals surface area contributed by atoms with Crippen LogP contribution in [0.3, 0.4) is 0 Å². The Morgan fingerprint density at radius 2 is 1.21 bits per heavy atom. The van der Waals surface area contributed by atoms with Crippen molar-refractivity contribution in [1.29, 1.82) is 0 Å². The number of carbonyl (C=O) groups excluding carboxylic acids is 2. The number of ether oxygens (including phenoxy) is 2. The van der Waals surface area contributed by atoms with Gasteiger partial charge in [0.2, 0.25) is 0 Å². The molecule has 0 aliphatic heterocycles. The van der Waals surface area contributed by atoms with Crippen molar-refractivity contribution in [2.75, 3.05) is 47.5 Å². The van der Waals surface area contributed by atoms with Crippen LogP contribution in [0.1, 0.15) is 136 Å². The molecule has 0 amide bonds. The molecule has 0 saturated carbocycles. The molecule has 0 spiro atoms. The molecule has 2 N–H and O–H groups in total. The molecule has 0 saturated heterocycles. The van der Waals surface area contributed by atoms with E-state index in [1.807, 2.05) is 33.3 Å². The van der Waals surface area contributed by atoms with Crippen molar-refractivity contribution in [2.24, 2.45) is 0 Å². The molecule has 11 heteroatoms. The molecular formula is C46H79NO9P+. The van der Waals surface area contributed by atoms with Gasteiger partial charge in [0.15, 0.2) is 6.10 Å². The van der Waals surface area contributed by atoms with E-state index in [9.17, 15) is 24.2 Å². The van der Waals surface area contributed by atoms with Crippen molar-refractivity contribution in [2.45, 2.75) is 148 Å². The van der Waals surface area contributed by atoms with Gasteiger partial charge >= 0.3 is 19.8 Å². The molecular weight excluding hydrogens is 741 g/mol. The highest BCUT2D eigenvalue weighted by molar-refractivity contribution is 7.47. The number of phosphoric acid groups is 1.